The van der Waals surface area contributed by atoms with Crippen LogP contribution in [0.3, 0.4) is 0 Å². The minimum atomic E-state index is -0.746. The number of hydrogen-bond acceptors (Lipinski definition) is 8. The summed E-state index contributed by atoms with van der Waals surface area (Å²) in [5.41, 5.74) is 1.43. The van der Waals surface area contributed by atoms with Crippen LogP contribution in [-0.4, -0.2) is 30.8 Å². The van der Waals surface area contributed by atoms with Gasteiger partial charge in [-0.25, -0.2) is 14.2 Å². The average Bonchev–Trinajstić information content (AvgIpc) is 3.40. The number of phenolic OH excluding ortho intramolecular Hbond substituents is 1. The van der Waals surface area contributed by atoms with Crippen molar-refractivity contribution in [2.24, 2.45) is 0 Å². The summed E-state index contributed by atoms with van der Waals surface area (Å²) in [6.07, 6.45) is 2.67. The van der Waals surface area contributed by atoms with Gasteiger partial charge < -0.3 is 30.1 Å². The molecule has 8 nitrogen and oxygen atoms in total. The van der Waals surface area contributed by atoms with Crippen molar-refractivity contribution < 1.29 is 39.0 Å². The van der Waals surface area contributed by atoms with Gasteiger partial charge in [0.15, 0.2) is 35.5 Å². The largest absolute Gasteiger partial charge is 0.870 e. The number of H-pyrrole nitrogens is 1. The van der Waals surface area contributed by atoms with Crippen LogP contribution in [0.1, 0.15) is 31.8 Å². The van der Waals surface area contributed by atoms with Crippen LogP contribution in [0, 0.1) is 5.82 Å². The van der Waals surface area contributed by atoms with Crippen molar-refractivity contribution in [3.05, 3.63) is 97.7 Å². The van der Waals surface area contributed by atoms with Gasteiger partial charge in [-0.15, -0.1) is 11.3 Å². The van der Waals surface area contributed by atoms with Gasteiger partial charge in [-0.2, -0.15) is 0 Å². The molecule has 0 saturated heterocycles. The number of esters is 1. The number of aromatic amines is 1. The van der Waals surface area contributed by atoms with E-state index in [9.17, 15) is 14.3 Å². The molecule has 2 aromatic carbocycles. The summed E-state index contributed by atoms with van der Waals surface area (Å²) >= 11 is 14.0. The topological polar surface area (TPSA) is 121 Å². The molecular formula is C27H25Cl2FN2O6S. The predicted molar refractivity (Wildman–Crippen MR) is 146 cm³/mol. The Labute approximate surface area is 238 Å². The highest BCUT2D eigenvalue weighted by molar-refractivity contribution is 7.13. The first-order valence-electron chi connectivity index (χ1n) is 11.4. The smallest absolute Gasteiger partial charge is 0.348 e. The van der Waals surface area contributed by atoms with Crippen LogP contribution in [-0.2, 0) is 17.7 Å². The van der Waals surface area contributed by atoms with Crippen molar-refractivity contribution in [1.29, 1.82) is 0 Å². The van der Waals surface area contributed by atoms with Crippen LogP contribution >= 0.6 is 34.5 Å². The molecule has 0 bridgehead atoms. The maximum Gasteiger partial charge on any atom is 0.348 e. The quantitative estimate of drug-likeness (QED) is 0.206. The number of ether oxygens (including phenoxy) is 3. The van der Waals surface area contributed by atoms with Crippen LogP contribution in [0.25, 0.3) is 0 Å². The molecular weight excluding hydrogens is 570 g/mol. The lowest BCUT2D eigenvalue weighted by molar-refractivity contribution is -0.377. The molecule has 206 valence electrons. The molecule has 4 rings (SSSR count). The Morgan fingerprint density at radius 3 is 2.49 bits per heavy atom. The lowest BCUT2D eigenvalue weighted by atomic mass is 10.0. The number of aromatic hydroxyl groups is 1. The Kier molecular flexibility index (Phi) is 10.4. The number of methoxy groups -OCH3 is 2. The number of rotatable bonds is 10. The van der Waals surface area contributed by atoms with Crippen molar-refractivity contribution in [3.8, 4) is 17.2 Å². The molecule has 4 aromatic rings. The summed E-state index contributed by atoms with van der Waals surface area (Å²) in [5, 5.41) is 13.3. The molecule has 1 atom stereocenters. The van der Waals surface area contributed by atoms with Crippen LogP contribution in [0.4, 0.5) is 10.1 Å². The molecule has 39 heavy (non-hydrogen) atoms. The molecule has 0 fully saturated rings. The van der Waals surface area contributed by atoms with Crippen molar-refractivity contribution >= 4 is 46.2 Å². The average molecular weight is 595 g/mol. The Hall–Kier alpha value is -3.57. The maximum absolute atomic E-state index is 14.1. The van der Waals surface area contributed by atoms with Crippen molar-refractivity contribution in [2.75, 3.05) is 19.5 Å². The van der Waals surface area contributed by atoms with Gasteiger partial charge in [0.1, 0.15) is 21.0 Å². The lowest BCUT2D eigenvalue weighted by Crippen LogP contribution is -2.15. The number of anilines is 1. The summed E-state index contributed by atoms with van der Waals surface area (Å²) in [5.74, 6) is -0.710. The number of benzene rings is 2. The highest BCUT2D eigenvalue weighted by Crippen LogP contribution is 2.36. The lowest BCUT2D eigenvalue weighted by Gasteiger charge is -2.20. The van der Waals surface area contributed by atoms with Crippen molar-refractivity contribution in [1.82, 2.24) is 0 Å². The van der Waals surface area contributed by atoms with Gasteiger partial charge in [-0.05, 0) is 42.0 Å². The summed E-state index contributed by atoms with van der Waals surface area (Å²) in [7, 11) is 3.06. The minimum absolute atomic E-state index is 0. The normalized spacial score (nSPS) is 11.3. The van der Waals surface area contributed by atoms with Crippen LogP contribution in [0.15, 0.2) is 60.9 Å². The van der Waals surface area contributed by atoms with Crippen LogP contribution in [0.2, 0.25) is 10.0 Å². The Balaban J connectivity index is 0.00000420. The molecule has 0 spiro atoms. The number of thiophene rings is 1. The van der Waals surface area contributed by atoms with Crippen molar-refractivity contribution in [2.45, 2.75) is 19.1 Å². The molecule has 0 aliphatic heterocycles. The standard InChI is InChI=1S/C27H23Cl2FN2O5S.H2O/c1-35-22-8-6-15(10-24(22)36-2)23(11-17-18(28)13-31-14-19(17)29)37-27(34)25-9-7-16(38-25)12-32-20-4-3-5-21(33)26(20)30;/h3-10,13-14,23,32-33H,11-12H2,1-2H3;1H2/t23-;/m0./s1. The van der Waals surface area contributed by atoms with Gasteiger partial charge in [0.2, 0.25) is 0 Å². The van der Waals surface area contributed by atoms with E-state index in [2.05, 4.69) is 10.3 Å². The second-order valence-corrected chi connectivity index (χ2v) is 10.1. The molecule has 0 aliphatic rings. The van der Waals surface area contributed by atoms with E-state index in [1.807, 2.05) is 0 Å². The van der Waals surface area contributed by atoms with E-state index >= 15 is 0 Å². The molecule has 0 unspecified atom stereocenters. The van der Waals surface area contributed by atoms with Gasteiger partial charge in [-0.1, -0.05) is 35.3 Å². The van der Waals surface area contributed by atoms with Crippen LogP contribution in [0.5, 0.6) is 17.2 Å². The third-order valence-electron chi connectivity index (χ3n) is 5.71. The zero-order chi connectivity index (χ0) is 27.2. The second-order valence-electron chi connectivity index (χ2n) is 8.10. The predicted octanol–water partition coefficient (Wildman–Crippen LogP) is 6.31. The number of phenols is 1. The van der Waals surface area contributed by atoms with E-state index in [4.69, 9.17) is 37.4 Å². The molecule has 0 amide bonds. The third kappa shape index (κ3) is 7.10. The number of halogens is 3. The van der Waals surface area contributed by atoms with Gasteiger partial charge in [0.25, 0.3) is 0 Å². The Bertz CT molecular complexity index is 1430. The van der Waals surface area contributed by atoms with Gasteiger partial charge in [0, 0.05) is 23.4 Å². The third-order valence-corrected chi connectivity index (χ3v) is 7.45. The second kappa shape index (κ2) is 13.5. The fourth-order valence-electron chi connectivity index (χ4n) is 3.75. The number of hydrogen-bond donors (Lipinski definition) is 2. The maximum atomic E-state index is 14.1. The number of carbonyl (C=O) groups is 1. The summed E-state index contributed by atoms with van der Waals surface area (Å²) in [6, 6.07) is 13.0. The number of aromatic nitrogens is 1. The first-order chi connectivity index (χ1) is 18.3. The first kappa shape index (κ1) is 30.0. The molecule has 0 radical (unpaired) electrons. The SMILES string of the molecule is COc1ccc([C@H](Cc2c(Cl)c[nH+]cc2Cl)OC(=O)c2ccc(CNc3cccc(O)c3F)s2)cc1OC.[OH-]. The molecule has 4 N–H and O–H groups in total. The zero-order valence-electron chi connectivity index (χ0n) is 20.8. The Morgan fingerprint density at radius 1 is 1.08 bits per heavy atom. The monoisotopic (exact) mass is 594 g/mol. The summed E-state index contributed by atoms with van der Waals surface area (Å²) < 4.78 is 30.8. The molecule has 0 aliphatic carbocycles. The van der Waals surface area contributed by atoms with E-state index in [1.165, 1.54) is 43.8 Å². The first-order valence-corrected chi connectivity index (χ1v) is 12.9. The van der Waals surface area contributed by atoms with E-state index in [1.54, 1.807) is 42.7 Å². The highest BCUT2D eigenvalue weighted by atomic mass is 35.5. The molecule has 0 saturated carbocycles. The fourth-order valence-corrected chi connectivity index (χ4v) is 5.11. The van der Waals surface area contributed by atoms with Gasteiger partial charge >= 0.3 is 5.97 Å². The van der Waals surface area contributed by atoms with E-state index in [-0.39, 0.29) is 24.1 Å². The molecule has 2 aromatic heterocycles. The van der Waals surface area contributed by atoms with Crippen molar-refractivity contribution in [3.63, 3.8) is 0 Å². The van der Waals surface area contributed by atoms with Crippen LogP contribution < -0.4 is 19.8 Å². The van der Waals surface area contributed by atoms with Gasteiger partial charge in [-0.3, -0.25) is 0 Å². The fraction of sp³-hybridized carbons (Fsp3) is 0.185. The summed E-state index contributed by atoms with van der Waals surface area (Å²) in [4.78, 5) is 17.2. The van der Waals surface area contributed by atoms with Gasteiger partial charge in [0.05, 0.1) is 19.9 Å². The number of pyridine rings is 1. The minimum Gasteiger partial charge on any atom is -0.870 e. The summed E-state index contributed by atoms with van der Waals surface area (Å²) in [6.45, 7) is 0.253. The zero-order valence-corrected chi connectivity index (χ0v) is 23.2. The van der Waals surface area contributed by atoms with E-state index in [0.29, 0.717) is 37.5 Å². The number of nitrogens with one attached hydrogen (secondary N) is 2. The molecule has 2 heterocycles. The molecule has 12 heteroatoms. The van der Waals surface area contributed by atoms with E-state index in [0.717, 1.165) is 4.88 Å². The number of carbonyl (C=O) groups excluding carboxylic acids is 1. The Morgan fingerprint density at radius 2 is 1.79 bits per heavy atom. The van der Waals surface area contributed by atoms with E-state index < -0.39 is 23.6 Å². The highest BCUT2D eigenvalue weighted by Gasteiger charge is 2.24.